The average molecular weight is 357 g/mol. The molecule has 1 aromatic carbocycles. The second-order valence-corrected chi connectivity index (χ2v) is 8.59. The highest BCUT2D eigenvalue weighted by Crippen LogP contribution is 2.33. The van der Waals surface area contributed by atoms with Crippen LogP contribution in [0, 0.1) is 23.7 Å². The first kappa shape index (κ1) is 18.9. The summed E-state index contributed by atoms with van der Waals surface area (Å²) in [5, 5.41) is 6.26. The maximum absolute atomic E-state index is 12.5. The molecule has 4 heteroatoms. The Hall–Kier alpha value is -1.84. The van der Waals surface area contributed by atoms with E-state index in [2.05, 4.69) is 37.5 Å². The molecule has 0 bridgehead atoms. The van der Waals surface area contributed by atoms with E-state index in [1.54, 1.807) is 0 Å². The van der Waals surface area contributed by atoms with Gasteiger partial charge in [-0.15, -0.1) is 0 Å². The SMILES string of the molecule is CC1CCC(C(C)C)C(NC(=O)CCC2Cc3ccccc3NC2=O)C1. The summed E-state index contributed by atoms with van der Waals surface area (Å²) in [5.74, 6) is 1.87. The molecule has 2 aliphatic rings. The van der Waals surface area contributed by atoms with Crippen molar-refractivity contribution in [3.05, 3.63) is 29.8 Å². The van der Waals surface area contributed by atoms with Crippen LogP contribution in [0.5, 0.6) is 0 Å². The van der Waals surface area contributed by atoms with Crippen LogP contribution in [-0.2, 0) is 16.0 Å². The molecule has 4 nitrogen and oxygen atoms in total. The molecule has 1 aliphatic carbocycles. The molecule has 2 N–H and O–H groups in total. The van der Waals surface area contributed by atoms with Gasteiger partial charge in [0, 0.05) is 24.1 Å². The Morgan fingerprint density at radius 3 is 2.81 bits per heavy atom. The number of benzene rings is 1. The Balaban J connectivity index is 1.53. The zero-order chi connectivity index (χ0) is 18.7. The van der Waals surface area contributed by atoms with Gasteiger partial charge in [0.25, 0.3) is 0 Å². The molecule has 4 atom stereocenters. The lowest BCUT2D eigenvalue weighted by Gasteiger charge is -2.38. The summed E-state index contributed by atoms with van der Waals surface area (Å²) in [4.78, 5) is 24.8. The van der Waals surface area contributed by atoms with Gasteiger partial charge in [-0.3, -0.25) is 9.59 Å². The van der Waals surface area contributed by atoms with E-state index < -0.39 is 0 Å². The van der Waals surface area contributed by atoms with Crippen LogP contribution in [0.15, 0.2) is 24.3 Å². The minimum atomic E-state index is -0.109. The van der Waals surface area contributed by atoms with E-state index in [4.69, 9.17) is 0 Å². The minimum absolute atomic E-state index is 0.0443. The summed E-state index contributed by atoms with van der Waals surface area (Å²) in [6, 6.07) is 8.21. The van der Waals surface area contributed by atoms with E-state index in [1.807, 2.05) is 18.2 Å². The fourth-order valence-electron chi connectivity index (χ4n) is 4.60. The summed E-state index contributed by atoms with van der Waals surface area (Å²) in [7, 11) is 0. The molecular formula is C22H32N2O2. The molecule has 4 unspecified atom stereocenters. The number of rotatable bonds is 5. The third-order valence-corrected chi connectivity index (χ3v) is 6.20. The van der Waals surface area contributed by atoms with Gasteiger partial charge in [0.05, 0.1) is 0 Å². The number of carbonyl (C=O) groups excluding carboxylic acids is 2. The van der Waals surface area contributed by atoms with Gasteiger partial charge in [-0.05, 0) is 55.1 Å². The Morgan fingerprint density at radius 2 is 2.04 bits per heavy atom. The zero-order valence-corrected chi connectivity index (χ0v) is 16.3. The van der Waals surface area contributed by atoms with E-state index in [-0.39, 0.29) is 23.8 Å². The summed E-state index contributed by atoms with van der Waals surface area (Å²) in [5.41, 5.74) is 2.08. The highest BCUT2D eigenvalue weighted by molar-refractivity contribution is 5.96. The predicted octanol–water partition coefficient (Wildman–Crippen LogP) is 4.15. The molecule has 1 aromatic rings. The van der Waals surface area contributed by atoms with Crippen molar-refractivity contribution in [2.75, 3.05) is 5.32 Å². The normalized spacial score (nSPS) is 28.4. The number of amides is 2. The van der Waals surface area contributed by atoms with Crippen LogP contribution in [-0.4, -0.2) is 17.9 Å². The van der Waals surface area contributed by atoms with Crippen molar-refractivity contribution in [3.63, 3.8) is 0 Å². The van der Waals surface area contributed by atoms with Gasteiger partial charge < -0.3 is 10.6 Å². The van der Waals surface area contributed by atoms with Crippen molar-refractivity contribution in [3.8, 4) is 0 Å². The second-order valence-electron chi connectivity index (χ2n) is 8.59. The third kappa shape index (κ3) is 4.46. The molecule has 0 radical (unpaired) electrons. The fraction of sp³-hybridized carbons (Fsp3) is 0.636. The number of fused-ring (bicyclic) bond motifs is 1. The van der Waals surface area contributed by atoms with Crippen molar-refractivity contribution in [1.82, 2.24) is 5.32 Å². The maximum Gasteiger partial charge on any atom is 0.227 e. The first-order valence-electron chi connectivity index (χ1n) is 10.1. The average Bonchev–Trinajstić information content (AvgIpc) is 2.59. The van der Waals surface area contributed by atoms with Gasteiger partial charge in [-0.1, -0.05) is 45.4 Å². The monoisotopic (exact) mass is 356 g/mol. The lowest BCUT2D eigenvalue weighted by Crippen LogP contribution is -2.45. The van der Waals surface area contributed by atoms with Crippen molar-refractivity contribution in [2.24, 2.45) is 23.7 Å². The number of nitrogens with one attached hydrogen (secondary N) is 2. The molecule has 3 rings (SSSR count). The Bertz CT molecular complexity index is 655. The highest BCUT2D eigenvalue weighted by atomic mass is 16.2. The summed E-state index contributed by atoms with van der Waals surface area (Å²) >= 11 is 0. The number of anilines is 1. The quantitative estimate of drug-likeness (QED) is 0.832. The van der Waals surface area contributed by atoms with Crippen LogP contribution in [0.4, 0.5) is 5.69 Å². The number of hydrogen-bond acceptors (Lipinski definition) is 2. The van der Waals surface area contributed by atoms with Crippen molar-refractivity contribution in [2.45, 2.75) is 65.3 Å². The molecule has 0 aromatic heterocycles. The van der Waals surface area contributed by atoms with Crippen molar-refractivity contribution >= 4 is 17.5 Å². The second kappa shape index (κ2) is 8.24. The van der Waals surface area contributed by atoms with Crippen LogP contribution in [0.3, 0.4) is 0 Å². The van der Waals surface area contributed by atoms with Crippen LogP contribution in [0.1, 0.15) is 58.4 Å². The smallest absolute Gasteiger partial charge is 0.227 e. The Labute approximate surface area is 157 Å². The molecule has 2 amide bonds. The van der Waals surface area contributed by atoms with Crippen molar-refractivity contribution < 1.29 is 9.59 Å². The zero-order valence-electron chi connectivity index (χ0n) is 16.3. The van der Waals surface area contributed by atoms with Crippen LogP contribution >= 0.6 is 0 Å². The number of carbonyl (C=O) groups is 2. The predicted molar refractivity (Wildman–Crippen MR) is 105 cm³/mol. The van der Waals surface area contributed by atoms with Gasteiger partial charge in [-0.25, -0.2) is 0 Å². The summed E-state index contributed by atoms with van der Waals surface area (Å²) < 4.78 is 0. The van der Waals surface area contributed by atoms with Gasteiger partial charge in [-0.2, -0.15) is 0 Å². The largest absolute Gasteiger partial charge is 0.353 e. The lowest BCUT2D eigenvalue weighted by atomic mass is 9.74. The molecule has 26 heavy (non-hydrogen) atoms. The standard InChI is InChI=1S/C22H32N2O2/c1-14(2)18-10-8-15(3)12-20(18)23-21(25)11-9-17-13-16-6-4-5-7-19(16)24-22(17)26/h4-7,14-15,17-18,20H,8-13H2,1-3H3,(H,23,25)(H,24,26). The van der Waals surface area contributed by atoms with E-state index in [0.717, 1.165) is 18.5 Å². The molecule has 1 heterocycles. The highest BCUT2D eigenvalue weighted by Gasteiger charge is 2.32. The fourth-order valence-corrected chi connectivity index (χ4v) is 4.60. The van der Waals surface area contributed by atoms with Crippen LogP contribution < -0.4 is 10.6 Å². The minimum Gasteiger partial charge on any atom is -0.353 e. The molecule has 0 saturated heterocycles. The molecule has 0 spiro atoms. The molecular weight excluding hydrogens is 324 g/mol. The first-order valence-corrected chi connectivity index (χ1v) is 10.1. The first-order chi connectivity index (χ1) is 12.4. The number of para-hydroxylation sites is 1. The van der Waals surface area contributed by atoms with Gasteiger partial charge >= 0.3 is 0 Å². The van der Waals surface area contributed by atoms with E-state index >= 15 is 0 Å². The molecule has 1 aliphatic heterocycles. The Morgan fingerprint density at radius 1 is 1.27 bits per heavy atom. The van der Waals surface area contributed by atoms with Crippen LogP contribution in [0.25, 0.3) is 0 Å². The van der Waals surface area contributed by atoms with Crippen LogP contribution in [0.2, 0.25) is 0 Å². The van der Waals surface area contributed by atoms with E-state index in [1.165, 1.54) is 18.4 Å². The summed E-state index contributed by atoms with van der Waals surface area (Å²) in [6.07, 6.45) is 5.30. The van der Waals surface area contributed by atoms with Gasteiger partial charge in [0.15, 0.2) is 0 Å². The molecule has 1 saturated carbocycles. The van der Waals surface area contributed by atoms with E-state index in [9.17, 15) is 9.59 Å². The number of hydrogen-bond donors (Lipinski definition) is 2. The van der Waals surface area contributed by atoms with Gasteiger partial charge in [0.1, 0.15) is 0 Å². The topological polar surface area (TPSA) is 58.2 Å². The molecule has 142 valence electrons. The van der Waals surface area contributed by atoms with E-state index in [0.29, 0.717) is 30.6 Å². The maximum atomic E-state index is 12.5. The Kier molecular flexibility index (Phi) is 6.00. The lowest BCUT2D eigenvalue weighted by molar-refractivity contribution is -0.124. The molecule has 1 fully saturated rings. The van der Waals surface area contributed by atoms with Crippen molar-refractivity contribution in [1.29, 1.82) is 0 Å². The summed E-state index contributed by atoms with van der Waals surface area (Å²) in [6.45, 7) is 6.78. The van der Waals surface area contributed by atoms with Gasteiger partial charge in [0.2, 0.25) is 11.8 Å². The third-order valence-electron chi connectivity index (χ3n) is 6.20.